The number of ether oxygens (including phenoxy) is 2. The third-order valence-electron chi connectivity index (χ3n) is 9.28. The van der Waals surface area contributed by atoms with E-state index in [0.29, 0.717) is 12.0 Å². The van der Waals surface area contributed by atoms with Gasteiger partial charge in [-0.3, -0.25) is 9.59 Å². The number of esters is 2. The van der Waals surface area contributed by atoms with Crippen LogP contribution in [0, 0.1) is 16.7 Å². The fraction of sp³-hybridized carbons (Fsp3) is 0.516. The minimum atomic E-state index is -1.93. The number of ketones is 1. The number of aliphatic hydroxyl groups excluding tert-OH is 2. The van der Waals surface area contributed by atoms with Gasteiger partial charge in [-0.2, -0.15) is 0 Å². The molecule has 8 heteroatoms. The second kappa shape index (κ2) is 10.2. The number of Topliss-reactive ketones (excluding diaryl/α,β-unsaturated/α-hetero) is 1. The minimum Gasteiger partial charge on any atom is -0.459 e. The average Bonchev–Trinajstić information content (AvgIpc) is 2.87. The maximum absolute atomic E-state index is 13.1. The molecule has 3 aliphatic rings. The summed E-state index contributed by atoms with van der Waals surface area (Å²) in [5.41, 5.74) is -2.64. The van der Waals surface area contributed by atoms with Crippen molar-refractivity contribution in [3.8, 4) is 0 Å². The summed E-state index contributed by atoms with van der Waals surface area (Å²) in [4.78, 5) is 38.3. The Bertz CT molecular complexity index is 1240. The van der Waals surface area contributed by atoms with Gasteiger partial charge in [0.15, 0.2) is 5.78 Å². The van der Waals surface area contributed by atoms with Gasteiger partial charge in [-0.05, 0) is 48.1 Å². The summed E-state index contributed by atoms with van der Waals surface area (Å²) in [7, 11) is 0. The van der Waals surface area contributed by atoms with Crippen molar-refractivity contribution in [2.24, 2.45) is 16.7 Å². The molecule has 0 aromatic heterocycles. The van der Waals surface area contributed by atoms with Gasteiger partial charge in [0.25, 0.3) is 0 Å². The molecule has 4 rings (SSSR count). The summed E-state index contributed by atoms with van der Waals surface area (Å²) in [6.45, 7) is 12.1. The molecule has 210 valence electrons. The summed E-state index contributed by atoms with van der Waals surface area (Å²) in [5, 5.41) is 35.4. The molecule has 1 aromatic rings. The molecule has 0 saturated heterocycles. The summed E-state index contributed by atoms with van der Waals surface area (Å²) < 4.78 is 11.6. The largest absolute Gasteiger partial charge is 0.459 e. The van der Waals surface area contributed by atoms with Crippen molar-refractivity contribution in [1.29, 1.82) is 0 Å². The highest BCUT2D eigenvalue weighted by atomic mass is 16.6. The Morgan fingerprint density at radius 1 is 1.10 bits per heavy atom. The lowest BCUT2D eigenvalue weighted by molar-refractivity contribution is -0.228. The highest BCUT2D eigenvalue weighted by Gasteiger charge is 2.67. The first-order valence-corrected chi connectivity index (χ1v) is 13.3. The Morgan fingerprint density at radius 2 is 1.74 bits per heavy atom. The second-order valence-corrected chi connectivity index (χ2v) is 11.9. The Kier molecular flexibility index (Phi) is 7.53. The number of hydrogen-bond donors (Lipinski definition) is 3. The zero-order valence-corrected chi connectivity index (χ0v) is 23.1. The van der Waals surface area contributed by atoms with Crippen LogP contribution in [0.5, 0.6) is 0 Å². The lowest BCUT2D eigenvalue weighted by Crippen LogP contribution is -2.70. The number of carbonyl (C=O) groups excluding carboxylic acids is 3. The van der Waals surface area contributed by atoms with E-state index in [0.717, 1.165) is 5.56 Å². The van der Waals surface area contributed by atoms with E-state index in [1.807, 2.05) is 30.3 Å². The van der Waals surface area contributed by atoms with Crippen LogP contribution in [0.4, 0.5) is 0 Å². The molecule has 2 bridgehead atoms. The fourth-order valence-corrected chi connectivity index (χ4v) is 6.96. The van der Waals surface area contributed by atoms with Crippen molar-refractivity contribution in [2.75, 3.05) is 0 Å². The highest BCUT2D eigenvalue weighted by Crippen LogP contribution is 2.60. The lowest BCUT2D eigenvalue weighted by atomic mass is 9.48. The number of aliphatic hydroxyl groups is 3. The standard InChI is InChI=1S/C31H38O8/c1-17-21(33)16-31(37)28(38-19(3)32)25-18(2)22(39-23(34)13-12-20-10-8-7-9-11-20)14-15-30(25,6)27(36)26(35)24(17)29(31,4)5/h7-13,22,25-28,35-37H,2,14-16H2,1,3-6H3. The maximum Gasteiger partial charge on any atom is 0.331 e. The first kappa shape index (κ1) is 28.9. The van der Waals surface area contributed by atoms with Gasteiger partial charge in [-0.25, -0.2) is 4.79 Å². The van der Waals surface area contributed by atoms with Crippen LogP contribution in [-0.4, -0.2) is 63.1 Å². The number of rotatable bonds is 4. The van der Waals surface area contributed by atoms with Gasteiger partial charge in [0.2, 0.25) is 0 Å². The van der Waals surface area contributed by atoms with Gasteiger partial charge in [0.05, 0.1) is 6.10 Å². The summed E-state index contributed by atoms with van der Waals surface area (Å²) >= 11 is 0. The molecule has 2 saturated carbocycles. The topological polar surface area (TPSA) is 130 Å². The molecule has 2 fully saturated rings. The van der Waals surface area contributed by atoms with Crippen LogP contribution in [0.1, 0.15) is 59.4 Å². The maximum atomic E-state index is 13.1. The number of allylic oxidation sites excluding steroid dienone is 1. The monoisotopic (exact) mass is 538 g/mol. The third-order valence-corrected chi connectivity index (χ3v) is 9.28. The highest BCUT2D eigenvalue weighted by molar-refractivity contribution is 5.98. The second-order valence-electron chi connectivity index (χ2n) is 11.9. The number of benzene rings is 1. The van der Waals surface area contributed by atoms with Gasteiger partial charge in [0.1, 0.15) is 23.9 Å². The van der Waals surface area contributed by atoms with Crippen LogP contribution in [-0.2, 0) is 23.9 Å². The summed E-state index contributed by atoms with van der Waals surface area (Å²) in [6, 6.07) is 9.26. The van der Waals surface area contributed by atoms with Gasteiger partial charge < -0.3 is 24.8 Å². The molecule has 3 N–H and O–H groups in total. The zero-order valence-electron chi connectivity index (χ0n) is 23.1. The van der Waals surface area contributed by atoms with Crippen molar-refractivity contribution >= 4 is 23.8 Å². The Hall–Kier alpha value is -3.07. The molecule has 8 nitrogen and oxygen atoms in total. The van der Waals surface area contributed by atoms with E-state index >= 15 is 0 Å². The van der Waals surface area contributed by atoms with E-state index in [1.165, 1.54) is 13.0 Å². The molecule has 1 aromatic carbocycles. The van der Waals surface area contributed by atoms with E-state index < -0.39 is 64.5 Å². The molecular weight excluding hydrogens is 500 g/mol. The molecule has 0 radical (unpaired) electrons. The smallest absolute Gasteiger partial charge is 0.331 e. The molecule has 0 spiro atoms. The van der Waals surface area contributed by atoms with Gasteiger partial charge >= 0.3 is 11.9 Å². The van der Waals surface area contributed by atoms with Gasteiger partial charge in [-0.1, -0.05) is 57.7 Å². The normalized spacial score (nSPS) is 36.2. The molecule has 7 atom stereocenters. The van der Waals surface area contributed by atoms with E-state index in [9.17, 15) is 29.7 Å². The molecule has 0 amide bonds. The van der Waals surface area contributed by atoms with Gasteiger partial charge in [0, 0.05) is 36.2 Å². The van der Waals surface area contributed by atoms with Crippen LogP contribution < -0.4 is 0 Å². The zero-order chi connectivity index (χ0) is 28.9. The molecule has 0 heterocycles. The van der Waals surface area contributed by atoms with Crippen molar-refractivity contribution < 1.29 is 39.2 Å². The fourth-order valence-electron chi connectivity index (χ4n) is 6.96. The van der Waals surface area contributed by atoms with Crippen molar-refractivity contribution in [3.05, 3.63) is 65.3 Å². The van der Waals surface area contributed by atoms with E-state index in [-0.39, 0.29) is 24.0 Å². The first-order valence-electron chi connectivity index (χ1n) is 13.3. The van der Waals surface area contributed by atoms with Gasteiger partial charge in [-0.15, -0.1) is 0 Å². The Balaban J connectivity index is 1.78. The molecule has 39 heavy (non-hydrogen) atoms. The Labute approximate surface area is 229 Å². The van der Waals surface area contributed by atoms with Crippen molar-refractivity contribution in [3.63, 3.8) is 0 Å². The third kappa shape index (κ3) is 4.68. The molecule has 0 aliphatic heterocycles. The SMILES string of the molecule is C=C1C(OC(=O)C=Cc2ccccc2)CCC2(C)C(O)C(O)C3=C(C)C(=O)CC(O)(C(OC(C)=O)C12)C3(C)C. The number of carbonyl (C=O) groups is 3. The summed E-state index contributed by atoms with van der Waals surface area (Å²) in [5.74, 6) is -2.63. The molecular formula is C31H38O8. The lowest BCUT2D eigenvalue weighted by Gasteiger charge is -2.61. The van der Waals surface area contributed by atoms with Crippen molar-refractivity contribution in [2.45, 2.75) is 83.9 Å². The average molecular weight is 539 g/mol. The van der Waals surface area contributed by atoms with E-state index in [1.54, 1.807) is 33.8 Å². The van der Waals surface area contributed by atoms with E-state index in [2.05, 4.69) is 6.58 Å². The predicted octanol–water partition coefficient (Wildman–Crippen LogP) is 3.30. The van der Waals surface area contributed by atoms with Crippen molar-refractivity contribution in [1.82, 2.24) is 0 Å². The van der Waals surface area contributed by atoms with Crippen LogP contribution in [0.15, 0.2) is 59.7 Å². The quantitative estimate of drug-likeness (QED) is 0.303. The predicted molar refractivity (Wildman–Crippen MR) is 144 cm³/mol. The molecule has 3 aliphatic carbocycles. The number of hydrogen-bond acceptors (Lipinski definition) is 8. The van der Waals surface area contributed by atoms with Crippen LogP contribution in [0.25, 0.3) is 6.08 Å². The van der Waals surface area contributed by atoms with Crippen LogP contribution >= 0.6 is 0 Å². The summed E-state index contributed by atoms with van der Waals surface area (Å²) in [6.07, 6.45) is -1.79. The Morgan fingerprint density at radius 3 is 2.36 bits per heavy atom. The first-order chi connectivity index (χ1) is 18.1. The number of fused-ring (bicyclic) bond motifs is 3. The molecule has 7 unspecified atom stereocenters. The van der Waals surface area contributed by atoms with E-state index in [4.69, 9.17) is 9.47 Å². The minimum absolute atomic E-state index is 0.232. The van der Waals surface area contributed by atoms with Crippen LogP contribution in [0.3, 0.4) is 0 Å². The van der Waals surface area contributed by atoms with Crippen LogP contribution in [0.2, 0.25) is 0 Å².